The summed E-state index contributed by atoms with van der Waals surface area (Å²) < 4.78 is 0. The van der Waals surface area contributed by atoms with Gasteiger partial charge in [-0.1, -0.05) is 13.8 Å². The Balaban J connectivity index is 1.81. The highest BCUT2D eigenvalue weighted by Crippen LogP contribution is 2.43. The Hall–Kier alpha value is -0.0800. The summed E-state index contributed by atoms with van der Waals surface area (Å²) in [5.74, 6) is 0. The molecule has 76 valence electrons. The van der Waals surface area contributed by atoms with Gasteiger partial charge in [0.15, 0.2) is 0 Å². The molecule has 0 bridgehead atoms. The van der Waals surface area contributed by atoms with Crippen LogP contribution in [-0.4, -0.2) is 37.1 Å². The molecular weight excluding hydrogens is 160 g/mol. The van der Waals surface area contributed by atoms with E-state index >= 15 is 0 Å². The van der Waals surface area contributed by atoms with Crippen molar-refractivity contribution in [2.45, 2.75) is 45.2 Å². The number of hydrogen-bond acceptors (Lipinski definition) is 2. The van der Waals surface area contributed by atoms with Crippen LogP contribution in [0.3, 0.4) is 0 Å². The summed E-state index contributed by atoms with van der Waals surface area (Å²) in [5.41, 5.74) is 0.616. The third kappa shape index (κ3) is 1.89. The summed E-state index contributed by atoms with van der Waals surface area (Å²) in [7, 11) is 2.30. The summed E-state index contributed by atoms with van der Waals surface area (Å²) in [6, 6.07) is 1.67. The van der Waals surface area contributed by atoms with E-state index in [2.05, 4.69) is 31.1 Å². The number of hydrogen-bond donors (Lipinski definition) is 1. The lowest BCUT2D eigenvalue weighted by Crippen LogP contribution is -2.51. The van der Waals surface area contributed by atoms with Crippen LogP contribution >= 0.6 is 0 Å². The molecular formula is C11H22N2. The second-order valence-corrected chi connectivity index (χ2v) is 5.54. The van der Waals surface area contributed by atoms with E-state index in [1.54, 1.807) is 0 Å². The molecule has 1 heterocycles. The van der Waals surface area contributed by atoms with Crippen LogP contribution < -0.4 is 5.32 Å². The predicted molar refractivity (Wildman–Crippen MR) is 55.8 cm³/mol. The predicted octanol–water partition coefficient (Wildman–Crippen LogP) is 1.47. The van der Waals surface area contributed by atoms with Gasteiger partial charge < -0.3 is 5.32 Å². The zero-order valence-electron chi connectivity index (χ0n) is 9.14. The molecule has 0 amide bonds. The highest BCUT2D eigenvalue weighted by Gasteiger charge is 2.40. The molecule has 0 aromatic carbocycles. The van der Waals surface area contributed by atoms with Crippen LogP contribution in [0.25, 0.3) is 0 Å². The highest BCUT2D eigenvalue weighted by molar-refractivity contribution is 4.95. The molecule has 2 heteroatoms. The maximum absolute atomic E-state index is 3.44. The molecule has 1 N–H and O–H groups in total. The minimum Gasteiger partial charge on any atom is -0.315 e. The van der Waals surface area contributed by atoms with E-state index in [4.69, 9.17) is 0 Å². The van der Waals surface area contributed by atoms with Gasteiger partial charge in [0.1, 0.15) is 0 Å². The first kappa shape index (κ1) is 9.47. The fraction of sp³-hybridized carbons (Fsp3) is 1.00. The summed E-state index contributed by atoms with van der Waals surface area (Å²) in [4.78, 5) is 2.60. The Morgan fingerprint density at radius 2 is 1.92 bits per heavy atom. The van der Waals surface area contributed by atoms with Crippen LogP contribution in [0.15, 0.2) is 0 Å². The lowest BCUT2D eigenvalue weighted by Gasteiger charge is -2.48. The molecule has 2 fully saturated rings. The molecule has 1 saturated heterocycles. The molecule has 1 aliphatic heterocycles. The van der Waals surface area contributed by atoms with Gasteiger partial charge in [0.25, 0.3) is 0 Å². The smallest absolute Gasteiger partial charge is 0.0232 e. The zero-order chi connectivity index (χ0) is 9.47. The number of nitrogens with zero attached hydrogens (tertiary/aromatic N) is 1. The van der Waals surface area contributed by atoms with E-state index in [1.807, 2.05) is 0 Å². The maximum atomic E-state index is 3.44. The minimum atomic E-state index is 0.616. The van der Waals surface area contributed by atoms with Gasteiger partial charge in [0.05, 0.1) is 0 Å². The maximum Gasteiger partial charge on any atom is 0.0232 e. The molecule has 1 saturated carbocycles. The molecule has 1 unspecified atom stereocenters. The van der Waals surface area contributed by atoms with Crippen LogP contribution in [0.5, 0.6) is 0 Å². The Labute approximate surface area is 81.7 Å². The Bertz CT molecular complexity index is 175. The molecule has 1 atom stereocenters. The normalized spacial score (nSPS) is 33.7. The van der Waals surface area contributed by atoms with Gasteiger partial charge in [0.2, 0.25) is 0 Å². The van der Waals surface area contributed by atoms with Gasteiger partial charge in [0, 0.05) is 18.6 Å². The van der Waals surface area contributed by atoms with E-state index < -0.39 is 0 Å². The SMILES string of the molecule is CN(C1CCNC1)C1CC(C)(C)C1. The van der Waals surface area contributed by atoms with Gasteiger partial charge in [-0.05, 0) is 38.3 Å². The van der Waals surface area contributed by atoms with Crippen LogP contribution in [0.4, 0.5) is 0 Å². The Morgan fingerprint density at radius 1 is 1.23 bits per heavy atom. The Kier molecular flexibility index (Phi) is 2.37. The van der Waals surface area contributed by atoms with Crippen LogP contribution in [0, 0.1) is 5.41 Å². The molecule has 1 aliphatic carbocycles. The summed E-state index contributed by atoms with van der Waals surface area (Å²) in [6.45, 7) is 7.17. The summed E-state index contributed by atoms with van der Waals surface area (Å²) in [6.07, 6.45) is 4.12. The largest absolute Gasteiger partial charge is 0.315 e. The van der Waals surface area contributed by atoms with Crippen molar-refractivity contribution in [2.24, 2.45) is 5.41 Å². The summed E-state index contributed by atoms with van der Waals surface area (Å²) in [5, 5.41) is 3.44. The van der Waals surface area contributed by atoms with Crippen LogP contribution in [0.2, 0.25) is 0 Å². The first-order chi connectivity index (χ1) is 6.08. The fourth-order valence-corrected chi connectivity index (χ4v) is 2.79. The molecule has 0 radical (unpaired) electrons. The van der Waals surface area contributed by atoms with Crippen molar-refractivity contribution in [3.63, 3.8) is 0 Å². The minimum absolute atomic E-state index is 0.616. The second kappa shape index (κ2) is 3.25. The molecule has 2 rings (SSSR count). The monoisotopic (exact) mass is 182 g/mol. The average molecular weight is 182 g/mol. The Morgan fingerprint density at radius 3 is 2.38 bits per heavy atom. The van der Waals surface area contributed by atoms with Crippen LogP contribution in [-0.2, 0) is 0 Å². The number of nitrogens with one attached hydrogen (secondary N) is 1. The van der Waals surface area contributed by atoms with Crippen molar-refractivity contribution in [1.29, 1.82) is 0 Å². The van der Waals surface area contributed by atoms with Crippen molar-refractivity contribution in [3.05, 3.63) is 0 Å². The third-order valence-corrected chi connectivity index (χ3v) is 3.76. The molecule has 2 nitrogen and oxygen atoms in total. The fourth-order valence-electron chi connectivity index (χ4n) is 2.79. The average Bonchev–Trinajstić information content (AvgIpc) is 2.50. The molecule has 0 aromatic rings. The lowest BCUT2D eigenvalue weighted by atomic mass is 9.67. The lowest BCUT2D eigenvalue weighted by molar-refractivity contribution is 0.0214. The van der Waals surface area contributed by atoms with Crippen molar-refractivity contribution < 1.29 is 0 Å². The second-order valence-electron chi connectivity index (χ2n) is 5.54. The van der Waals surface area contributed by atoms with E-state index in [-0.39, 0.29) is 0 Å². The van der Waals surface area contributed by atoms with Crippen molar-refractivity contribution in [2.75, 3.05) is 20.1 Å². The molecule has 13 heavy (non-hydrogen) atoms. The molecule has 2 aliphatic rings. The van der Waals surface area contributed by atoms with E-state index in [1.165, 1.54) is 32.4 Å². The quantitative estimate of drug-likeness (QED) is 0.695. The summed E-state index contributed by atoms with van der Waals surface area (Å²) >= 11 is 0. The topological polar surface area (TPSA) is 15.3 Å². The zero-order valence-corrected chi connectivity index (χ0v) is 9.14. The highest BCUT2D eigenvalue weighted by atomic mass is 15.2. The van der Waals surface area contributed by atoms with Gasteiger partial charge in [-0.15, -0.1) is 0 Å². The van der Waals surface area contributed by atoms with Crippen molar-refractivity contribution in [3.8, 4) is 0 Å². The van der Waals surface area contributed by atoms with Crippen LogP contribution in [0.1, 0.15) is 33.1 Å². The van der Waals surface area contributed by atoms with Crippen molar-refractivity contribution in [1.82, 2.24) is 10.2 Å². The third-order valence-electron chi connectivity index (χ3n) is 3.76. The first-order valence-electron chi connectivity index (χ1n) is 5.51. The van der Waals surface area contributed by atoms with Gasteiger partial charge in [-0.3, -0.25) is 4.90 Å². The van der Waals surface area contributed by atoms with Crippen molar-refractivity contribution >= 4 is 0 Å². The first-order valence-corrected chi connectivity index (χ1v) is 5.51. The van der Waals surface area contributed by atoms with Gasteiger partial charge in [-0.25, -0.2) is 0 Å². The van der Waals surface area contributed by atoms with Gasteiger partial charge >= 0.3 is 0 Å². The number of rotatable bonds is 2. The van der Waals surface area contributed by atoms with E-state index in [9.17, 15) is 0 Å². The van der Waals surface area contributed by atoms with E-state index in [0.29, 0.717) is 5.41 Å². The van der Waals surface area contributed by atoms with Gasteiger partial charge in [-0.2, -0.15) is 0 Å². The molecule has 0 spiro atoms. The molecule has 0 aromatic heterocycles. The number of likely N-dealkylation sites (N-methyl/N-ethyl adjacent to an activating group) is 1. The standard InChI is InChI=1S/C11H22N2/c1-11(2)6-10(7-11)13(3)9-4-5-12-8-9/h9-10,12H,4-8H2,1-3H3. The van der Waals surface area contributed by atoms with E-state index in [0.717, 1.165) is 12.1 Å².